The Bertz CT molecular complexity index is 684. The first-order chi connectivity index (χ1) is 11.6. The molecule has 1 aromatic carbocycles. The average Bonchev–Trinajstić information content (AvgIpc) is 2.96. The third-order valence-electron chi connectivity index (χ3n) is 3.99. The molecule has 0 radical (unpaired) electrons. The second-order valence-corrected chi connectivity index (χ2v) is 6.61. The van der Waals surface area contributed by atoms with Gasteiger partial charge in [0.05, 0.1) is 47.9 Å². The summed E-state index contributed by atoms with van der Waals surface area (Å²) < 4.78 is 13.0. The third kappa shape index (κ3) is 4.49. The van der Waals surface area contributed by atoms with Crippen molar-refractivity contribution in [2.24, 2.45) is 0 Å². The van der Waals surface area contributed by atoms with E-state index in [-0.39, 0.29) is 0 Å². The van der Waals surface area contributed by atoms with Crippen LogP contribution >= 0.6 is 23.2 Å². The molecule has 0 amide bonds. The standard InChI is InChI=1S/C17H21Cl2N3O2/c1-13-10-14(12-24-9-6-21-4-7-23-8-5-21)20-22(13)15-2-3-16(18)17(19)11-15/h2-3,10-11H,4-9,12H2,1H3. The number of halogens is 2. The number of nitrogens with zero attached hydrogens (tertiary/aromatic N) is 3. The van der Waals surface area contributed by atoms with Crippen LogP contribution in [0.1, 0.15) is 11.4 Å². The second kappa shape index (κ2) is 8.32. The summed E-state index contributed by atoms with van der Waals surface area (Å²) in [5, 5.41) is 5.65. The van der Waals surface area contributed by atoms with E-state index in [1.54, 1.807) is 6.07 Å². The number of ether oxygens (including phenoxy) is 2. The molecule has 2 heterocycles. The Kier molecular flexibility index (Phi) is 6.14. The highest BCUT2D eigenvalue weighted by Gasteiger charge is 2.11. The zero-order chi connectivity index (χ0) is 16.9. The van der Waals surface area contributed by atoms with Crippen LogP contribution in [0, 0.1) is 6.92 Å². The Hall–Kier alpha value is -1.11. The van der Waals surface area contributed by atoms with E-state index in [2.05, 4.69) is 10.00 Å². The van der Waals surface area contributed by atoms with Crippen molar-refractivity contribution in [1.82, 2.24) is 14.7 Å². The maximum Gasteiger partial charge on any atom is 0.0907 e. The fraction of sp³-hybridized carbons (Fsp3) is 0.471. The summed E-state index contributed by atoms with van der Waals surface area (Å²) in [5.74, 6) is 0. The van der Waals surface area contributed by atoms with E-state index >= 15 is 0 Å². The molecule has 130 valence electrons. The van der Waals surface area contributed by atoms with Crippen LogP contribution in [0.15, 0.2) is 24.3 Å². The molecule has 1 aliphatic heterocycles. The minimum absolute atomic E-state index is 0.500. The lowest BCUT2D eigenvalue weighted by Crippen LogP contribution is -2.38. The predicted octanol–water partition coefficient (Wildman–Crippen LogP) is 3.34. The first-order valence-electron chi connectivity index (χ1n) is 8.02. The Morgan fingerprint density at radius 1 is 1.17 bits per heavy atom. The van der Waals surface area contributed by atoms with Gasteiger partial charge in [-0.05, 0) is 31.2 Å². The number of benzene rings is 1. The van der Waals surface area contributed by atoms with Gasteiger partial charge in [0.25, 0.3) is 0 Å². The van der Waals surface area contributed by atoms with Gasteiger partial charge >= 0.3 is 0 Å². The van der Waals surface area contributed by atoms with Gasteiger partial charge in [-0.2, -0.15) is 5.10 Å². The normalized spacial score (nSPS) is 15.8. The molecule has 0 spiro atoms. The largest absolute Gasteiger partial charge is 0.379 e. The topological polar surface area (TPSA) is 39.5 Å². The molecule has 1 saturated heterocycles. The van der Waals surface area contributed by atoms with Gasteiger partial charge in [-0.1, -0.05) is 23.2 Å². The summed E-state index contributed by atoms with van der Waals surface area (Å²) in [6.45, 7) is 7.71. The lowest BCUT2D eigenvalue weighted by Gasteiger charge is -2.26. The minimum atomic E-state index is 0.500. The van der Waals surface area contributed by atoms with E-state index in [4.69, 9.17) is 32.7 Å². The average molecular weight is 370 g/mol. The maximum atomic E-state index is 6.09. The molecule has 0 unspecified atom stereocenters. The summed E-state index contributed by atoms with van der Waals surface area (Å²) in [4.78, 5) is 2.35. The van der Waals surface area contributed by atoms with Crippen LogP contribution in [-0.2, 0) is 16.1 Å². The highest BCUT2D eigenvalue weighted by Crippen LogP contribution is 2.25. The van der Waals surface area contributed by atoms with Crippen LogP contribution in [0.2, 0.25) is 10.0 Å². The third-order valence-corrected chi connectivity index (χ3v) is 4.73. The summed E-state index contributed by atoms with van der Waals surface area (Å²) in [6, 6.07) is 7.51. The molecule has 1 aromatic heterocycles. The van der Waals surface area contributed by atoms with Crippen molar-refractivity contribution < 1.29 is 9.47 Å². The predicted molar refractivity (Wildman–Crippen MR) is 95.2 cm³/mol. The van der Waals surface area contributed by atoms with Gasteiger partial charge in [0.15, 0.2) is 0 Å². The van der Waals surface area contributed by atoms with E-state index in [9.17, 15) is 0 Å². The van der Waals surface area contributed by atoms with Crippen molar-refractivity contribution >= 4 is 23.2 Å². The van der Waals surface area contributed by atoms with Crippen LogP contribution < -0.4 is 0 Å². The quantitative estimate of drug-likeness (QED) is 0.732. The van der Waals surface area contributed by atoms with E-state index in [0.29, 0.717) is 23.3 Å². The summed E-state index contributed by atoms with van der Waals surface area (Å²) in [6.07, 6.45) is 0. The molecule has 24 heavy (non-hydrogen) atoms. The molecule has 0 atom stereocenters. The number of rotatable bonds is 6. The number of morpholine rings is 1. The molecule has 0 aliphatic carbocycles. The first-order valence-corrected chi connectivity index (χ1v) is 8.78. The SMILES string of the molecule is Cc1cc(COCCN2CCOCC2)nn1-c1ccc(Cl)c(Cl)c1. The first kappa shape index (κ1) is 17.7. The monoisotopic (exact) mass is 369 g/mol. The van der Waals surface area contributed by atoms with E-state index in [0.717, 1.165) is 49.9 Å². The molecule has 7 heteroatoms. The number of aryl methyl sites for hydroxylation is 1. The second-order valence-electron chi connectivity index (χ2n) is 5.79. The Balaban J connectivity index is 1.54. The fourth-order valence-corrected chi connectivity index (χ4v) is 2.97. The smallest absolute Gasteiger partial charge is 0.0907 e. The Labute approximate surface area is 152 Å². The molecular weight excluding hydrogens is 349 g/mol. The lowest BCUT2D eigenvalue weighted by atomic mass is 10.3. The van der Waals surface area contributed by atoms with Crippen LogP contribution in [-0.4, -0.2) is 54.1 Å². The zero-order valence-corrected chi connectivity index (χ0v) is 15.2. The van der Waals surface area contributed by atoms with Crippen molar-refractivity contribution in [3.05, 3.63) is 45.7 Å². The fourth-order valence-electron chi connectivity index (χ4n) is 2.68. The van der Waals surface area contributed by atoms with Crippen molar-refractivity contribution in [2.45, 2.75) is 13.5 Å². The number of hydrogen-bond acceptors (Lipinski definition) is 4. The maximum absolute atomic E-state index is 6.09. The number of hydrogen-bond donors (Lipinski definition) is 0. The van der Waals surface area contributed by atoms with Crippen molar-refractivity contribution in [3.8, 4) is 5.69 Å². The van der Waals surface area contributed by atoms with Gasteiger partial charge in [-0.15, -0.1) is 0 Å². The van der Waals surface area contributed by atoms with Crippen LogP contribution in [0.4, 0.5) is 0 Å². The molecule has 1 fully saturated rings. The zero-order valence-electron chi connectivity index (χ0n) is 13.7. The van der Waals surface area contributed by atoms with Crippen LogP contribution in [0.5, 0.6) is 0 Å². The van der Waals surface area contributed by atoms with Gasteiger partial charge in [-0.25, -0.2) is 4.68 Å². The molecule has 0 bridgehead atoms. The Morgan fingerprint density at radius 2 is 1.96 bits per heavy atom. The Morgan fingerprint density at radius 3 is 2.71 bits per heavy atom. The molecule has 0 saturated carbocycles. The van der Waals surface area contributed by atoms with E-state index < -0.39 is 0 Å². The highest BCUT2D eigenvalue weighted by atomic mass is 35.5. The molecular formula is C17H21Cl2N3O2. The number of aromatic nitrogens is 2. The van der Waals surface area contributed by atoms with Gasteiger partial charge in [0.2, 0.25) is 0 Å². The van der Waals surface area contributed by atoms with E-state index in [1.165, 1.54) is 0 Å². The summed E-state index contributed by atoms with van der Waals surface area (Å²) in [5.41, 5.74) is 2.82. The van der Waals surface area contributed by atoms with Gasteiger partial charge in [0, 0.05) is 25.3 Å². The van der Waals surface area contributed by atoms with Crippen molar-refractivity contribution in [3.63, 3.8) is 0 Å². The summed E-state index contributed by atoms with van der Waals surface area (Å²) in [7, 11) is 0. The molecule has 1 aliphatic rings. The molecule has 5 nitrogen and oxygen atoms in total. The lowest BCUT2D eigenvalue weighted by molar-refractivity contribution is 0.0176. The molecule has 3 rings (SSSR count). The van der Waals surface area contributed by atoms with Crippen molar-refractivity contribution in [1.29, 1.82) is 0 Å². The van der Waals surface area contributed by atoms with Gasteiger partial charge in [-0.3, -0.25) is 4.90 Å². The molecule has 0 N–H and O–H groups in total. The van der Waals surface area contributed by atoms with Gasteiger partial charge < -0.3 is 9.47 Å². The van der Waals surface area contributed by atoms with E-state index in [1.807, 2.05) is 29.8 Å². The van der Waals surface area contributed by atoms with Crippen molar-refractivity contribution in [2.75, 3.05) is 39.5 Å². The highest BCUT2D eigenvalue weighted by molar-refractivity contribution is 6.42. The van der Waals surface area contributed by atoms with Crippen LogP contribution in [0.3, 0.4) is 0 Å². The minimum Gasteiger partial charge on any atom is -0.379 e. The van der Waals surface area contributed by atoms with Crippen LogP contribution in [0.25, 0.3) is 5.69 Å². The molecule has 2 aromatic rings. The summed E-state index contributed by atoms with van der Waals surface area (Å²) >= 11 is 12.1. The van der Waals surface area contributed by atoms with Gasteiger partial charge in [0.1, 0.15) is 0 Å².